The lowest BCUT2D eigenvalue weighted by Crippen LogP contribution is -2.56. The molecule has 0 bridgehead atoms. The van der Waals surface area contributed by atoms with Crippen LogP contribution in [0.15, 0.2) is 41.8 Å². The number of hydrogen-bond acceptors (Lipinski definition) is 4. The number of carbonyl (C=O) groups excluding carboxylic acids is 2. The highest BCUT2D eigenvalue weighted by atomic mass is 32.1. The maximum atomic E-state index is 13.5. The van der Waals surface area contributed by atoms with Crippen molar-refractivity contribution in [2.45, 2.75) is 26.4 Å². The number of aromatic nitrogens is 1. The number of ether oxygens (including phenoxy) is 1. The van der Waals surface area contributed by atoms with Crippen LogP contribution in [0, 0.1) is 6.92 Å². The van der Waals surface area contributed by atoms with Crippen LogP contribution < -0.4 is 0 Å². The van der Waals surface area contributed by atoms with E-state index in [-0.39, 0.29) is 24.5 Å². The van der Waals surface area contributed by atoms with Crippen molar-refractivity contribution < 1.29 is 14.3 Å². The molecule has 0 aliphatic carbocycles. The number of hydrogen-bond donors (Lipinski definition) is 0. The number of benzene rings is 1. The van der Waals surface area contributed by atoms with Crippen LogP contribution in [0.4, 0.5) is 0 Å². The van der Waals surface area contributed by atoms with Gasteiger partial charge in [0.2, 0.25) is 5.91 Å². The standard InChI is InChI=1S/C23H27N3O3S/c1-16-5-4-6-18(11-16)14-26-20(12-19-7-10-30-23(19)26)22(28)24-8-9-25(17(2)13-24)21(27)15-29-3/h4-7,10-12,17H,8-9,13-15H2,1-3H3/t17-/m0/s1. The van der Waals surface area contributed by atoms with Gasteiger partial charge in [-0.3, -0.25) is 9.59 Å². The lowest BCUT2D eigenvalue weighted by molar-refractivity contribution is -0.139. The maximum absolute atomic E-state index is 13.5. The summed E-state index contributed by atoms with van der Waals surface area (Å²) >= 11 is 1.66. The summed E-state index contributed by atoms with van der Waals surface area (Å²) in [4.78, 5) is 30.5. The van der Waals surface area contributed by atoms with E-state index in [9.17, 15) is 9.59 Å². The molecular formula is C23H27N3O3S. The summed E-state index contributed by atoms with van der Waals surface area (Å²) in [5, 5.41) is 3.16. The third-order valence-corrected chi connectivity index (χ3v) is 6.60. The number of methoxy groups -OCH3 is 1. The normalized spacial score (nSPS) is 17.0. The molecule has 2 aromatic heterocycles. The molecule has 0 N–H and O–H groups in total. The third-order valence-electron chi connectivity index (χ3n) is 5.65. The van der Waals surface area contributed by atoms with Gasteiger partial charge >= 0.3 is 0 Å². The molecule has 158 valence electrons. The number of thiophene rings is 1. The molecule has 1 atom stereocenters. The van der Waals surface area contributed by atoms with E-state index in [4.69, 9.17) is 4.74 Å². The first kappa shape index (κ1) is 20.6. The van der Waals surface area contributed by atoms with Crippen LogP contribution >= 0.6 is 11.3 Å². The summed E-state index contributed by atoms with van der Waals surface area (Å²) in [6, 6.07) is 12.4. The van der Waals surface area contributed by atoms with Crippen LogP contribution in [-0.2, 0) is 16.1 Å². The minimum Gasteiger partial charge on any atom is -0.375 e. The zero-order valence-corrected chi connectivity index (χ0v) is 18.4. The Hall–Kier alpha value is -2.64. The first-order valence-corrected chi connectivity index (χ1v) is 11.1. The fourth-order valence-corrected chi connectivity index (χ4v) is 5.08. The van der Waals surface area contributed by atoms with E-state index in [1.165, 1.54) is 18.2 Å². The van der Waals surface area contributed by atoms with Crippen molar-refractivity contribution in [1.82, 2.24) is 14.4 Å². The molecule has 1 aliphatic rings. The Kier molecular flexibility index (Phi) is 5.92. The van der Waals surface area contributed by atoms with E-state index in [1.54, 1.807) is 16.2 Å². The molecule has 3 aromatic rings. The highest BCUT2D eigenvalue weighted by Gasteiger charge is 2.31. The largest absolute Gasteiger partial charge is 0.375 e. The van der Waals surface area contributed by atoms with Crippen LogP contribution in [0.3, 0.4) is 0 Å². The summed E-state index contributed by atoms with van der Waals surface area (Å²) in [7, 11) is 1.52. The molecular weight excluding hydrogens is 398 g/mol. The molecule has 1 aromatic carbocycles. The smallest absolute Gasteiger partial charge is 0.270 e. The molecule has 1 aliphatic heterocycles. The van der Waals surface area contributed by atoms with Gasteiger partial charge in [-0.1, -0.05) is 29.8 Å². The second-order valence-electron chi connectivity index (χ2n) is 7.91. The van der Waals surface area contributed by atoms with Crippen LogP contribution in [0.2, 0.25) is 0 Å². The minimum absolute atomic E-state index is 0.0248. The molecule has 4 rings (SSSR count). The Morgan fingerprint density at radius 2 is 2.03 bits per heavy atom. The van der Waals surface area contributed by atoms with Crippen molar-refractivity contribution in [3.05, 3.63) is 58.6 Å². The summed E-state index contributed by atoms with van der Waals surface area (Å²) < 4.78 is 7.11. The monoisotopic (exact) mass is 425 g/mol. The Labute approximate surface area is 180 Å². The summed E-state index contributed by atoms with van der Waals surface area (Å²) in [6.45, 7) is 6.39. The molecule has 0 saturated carbocycles. The topological polar surface area (TPSA) is 54.8 Å². The average molecular weight is 426 g/mol. The van der Waals surface area contributed by atoms with E-state index in [0.29, 0.717) is 31.9 Å². The molecule has 0 radical (unpaired) electrons. The van der Waals surface area contributed by atoms with Gasteiger partial charge in [0.15, 0.2) is 0 Å². The van der Waals surface area contributed by atoms with E-state index < -0.39 is 0 Å². The van der Waals surface area contributed by atoms with Gasteiger partial charge in [-0.15, -0.1) is 11.3 Å². The summed E-state index contributed by atoms with van der Waals surface area (Å²) in [6.07, 6.45) is 0. The second-order valence-corrected chi connectivity index (χ2v) is 8.80. The van der Waals surface area contributed by atoms with Crippen LogP contribution in [0.25, 0.3) is 10.2 Å². The Bertz CT molecular complexity index is 1070. The highest BCUT2D eigenvalue weighted by molar-refractivity contribution is 7.16. The van der Waals surface area contributed by atoms with E-state index >= 15 is 0 Å². The van der Waals surface area contributed by atoms with Gasteiger partial charge in [-0.2, -0.15) is 0 Å². The van der Waals surface area contributed by atoms with Crippen LogP contribution in [0.1, 0.15) is 28.5 Å². The summed E-state index contributed by atoms with van der Waals surface area (Å²) in [5.74, 6) is -0.00261. The van der Waals surface area contributed by atoms with Crippen molar-refractivity contribution in [3.63, 3.8) is 0 Å². The number of nitrogens with zero attached hydrogens (tertiary/aromatic N) is 3. The zero-order valence-electron chi connectivity index (χ0n) is 17.6. The number of aryl methyl sites for hydroxylation is 1. The first-order valence-electron chi connectivity index (χ1n) is 10.2. The van der Waals surface area contributed by atoms with Gasteiger partial charge in [0, 0.05) is 44.7 Å². The predicted molar refractivity (Wildman–Crippen MR) is 119 cm³/mol. The van der Waals surface area contributed by atoms with E-state index in [2.05, 4.69) is 47.2 Å². The molecule has 1 saturated heterocycles. The summed E-state index contributed by atoms with van der Waals surface area (Å²) in [5.41, 5.74) is 3.10. The number of amides is 2. The van der Waals surface area contributed by atoms with Crippen molar-refractivity contribution in [2.24, 2.45) is 0 Å². The van der Waals surface area contributed by atoms with Gasteiger partial charge in [0.25, 0.3) is 5.91 Å². The van der Waals surface area contributed by atoms with Crippen molar-refractivity contribution >= 4 is 33.4 Å². The van der Waals surface area contributed by atoms with E-state index in [0.717, 1.165) is 10.2 Å². The quantitative estimate of drug-likeness (QED) is 0.630. The molecule has 30 heavy (non-hydrogen) atoms. The fraction of sp³-hybridized carbons (Fsp3) is 0.391. The van der Waals surface area contributed by atoms with Gasteiger partial charge in [-0.05, 0) is 36.9 Å². The number of rotatable bonds is 5. The lowest BCUT2D eigenvalue weighted by Gasteiger charge is -2.39. The molecule has 6 nitrogen and oxygen atoms in total. The van der Waals surface area contributed by atoms with Crippen LogP contribution in [0.5, 0.6) is 0 Å². The molecule has 2 amide bonds. The molecule has 0 spiro atoms. The Morgan fingerprint density at radius 3 is 2.77 bits per heavy atom. The Balaban J connectivity index is 1.58. The van der Waals surface area contributed by atoms with Crippen LogP contribution in [-0.4, -0.2) is 65.6 Å². The van der Waals surface area contributed by atoms with Gasteiger partial charge < -0.3 is 19.1 Å². The fourth-order valence-electron chi connectivity index (χ4n) is 4.18. The van der Waals surface area contributed by atoms with Crippen molar-refractivity contribution in [2.75, 3.05) is 33.4 Å². The lowest BCUT2D eigenvalue weighted by atomic mass is 10.1. The average Bonchev–Trinajstić information content (AvgIpc) is 3.30. The molecule has 3 heterocycles. The Morgan fingerprint density at radius 1 is 1.20 bits per heavy atom. The maximum Gasteiger partial charge on any atom is 0.270 e. The zero-order chi connectivity index (χ0) is 21.3. The van der Waals surface area contributed by atoms with Gasteiger partial charge in [0.05, 0.1) is 0 Å². The molecule has 0 unspecified atom stereocenters. The van der Waals surface area contributed by atoms with Gasteiger partial charge in [-0.25, -0.2) is 0 Å². The number of carbonyl (C=O) groups is 2. The van der Waals surface area contributed by atoms with Crippen molar-refractivity contribution in [3.8, 4) is 0 Å². The highest BCUT2D eigenvalue weighted by Crippen LogP contribution is 2.28. The number of piperazine rings is 1. The molecule has 1 fully saturated rings. The minimum atomic E-state index is -0.0355. The van der Waals surface area contributed by atoms with Crippen molar-refractivity contribution in [1.29, 1.82) is 0 Å². The predicted octanol–water partition coefficient (Wildman–Crippen LogP) is 3.38. The second kappa shape index (κ2) is 8.62. The van der Waals surface area contributed by atoms with E-state index in [1.807, 2.05) is 17.9 Å². The third kappa shape index (κ3) is 4.00. The first-order chi connectivity index (χ1) is 14.5. The molecule has 7 heteroatoms. The SMILES string of the molecule is COCC(=O)N1CCN(C(=O)c2cc3ccsc3n2Cc2cccc(C)c2)C[C@@H]1C. The van der Waals surface area contributed by atoms with Gasteiger partial charge in [0.1, 0.15) is 17.1 Å². The number of fused-ring (bicyclic) bond motifs is 1.